The summed E-state index contributed by atoms with van der Waals surface area (Å²) in [6.45, 7) is 5.47. The first-order valence-corrected chi connectivity index (χ1v) is 9.52. The lowest BCUT2D eigenvalue weighted by Gasteiger charge is -2.28. The van der Waals surface area contributed by atoms with Crippen LogP contribution in [-0.4, -0.2) is 37.2 Å². The molecule has 0 saturated carbocycles. The summed E-state index contributed by atoms with van der Waals surface area (Å²) >= 11 is 0. The van der Waals surface area contributed by atoms with Crippen LogP contribution in [0.4, 0.5) is 4.79 Å². The molecule has 2 N–H and O–H groups in total. The Balaban J connectivity index is 1.73. The standard InChI is InChI=1S/C21H24N2O6/c1-4-15-19(20(25)27-5-2)16(23-21(26)22-15)11-29-18(24)9-13-10-28-17-8-12(3)6-7-14(13)17/h6-8,10,15H,4-5,9,11H2,1-3H3,(H2,22,23,26)/t15-/m1/s1. The number of esters is 2. The van der Waals surface area contributed by atoms with Crippen molar-refractivity contribution >= 4 is 28.9 Å². The van der Waals surface area contributed by atoms with Gasteiger partial charge in [-0.1, -0.05) is 19.1 Å². The van der Waals surface area contributed by atoms with Gasteiger partial charge in [0.15, 0.2) is 0 Å². The van der Waals surface area contributed by atoms with Gasteiger partial charge in [-0.3, -0.25) is 4.79 Å². The molecule has 8 nitrogen and oxygen atoms in total. The zero-order valence-electron chi connectivity index (χ0n) is 16.7. The number of carbonyl (C=O) groups is 3. The number of carbonyl (C=O) groups excluding carboxylic acids is 3. The average molecular weight is 400 g/mol. The fourth-order valence-electron chi connectivity index (χ4n) is 3.26. The van der Waals surface area contributed by atoms with E-state index in [1.165, 1.54) is 6.26 Å². The van der Waals surface area contributed by atoms with E-state index >= 15 is 0 Å². The Morgan fingerprint density at radius 3 is 2.72 bits per heavy atom. The molecule has 3 rings (SSSR count). The maximum Gasteiger partial charge on any atom is 0.338 e. The van der Waals surface area contributed by atoms with Gasteiger partial charge in [-0.2, -0.15) is 0 Å². The molecular formula is C21H24N2O6. The lowest BCUT2D eigenvalue weighted by molar-refractivity contribution is -0.143. The number of aryl methyl sites for hydroxylation is 1. The van der Waals surface area contributed by atoms with Gasteiger partial charge in [-0.15, -0.1) is 0 Å². The minimum atomic E-state index is -0.547. The van der Waals surface area contributed by atoms with E-state index < -0.39 is 24.0 Å². The topological polar surface area (TPSA) is 107 Å². The minimum Gasteiger partial charge on any atom is -0.464 e. The van der Waals surface area contributed by atoms with Crippen molar-refractivity contribution in [3.8, 4) is 0 Å². The molecule has 154 valence electrons. The van der Waals surface area contributed by atoms with Crippen molar-refractivity contribution in [1.29, 1.82) is 0 Å². The molecule has 29 heavy (non-hydrogen) atoms. The van der Waals surface area contributed by atoms with E-state index in [-0.39, 0.29) is 30.9 Å². The number of benzene rings is 1. The van der Waals surface area contributed by atoms with Gasteiger partial charge in [0.2, 0.25) is 0 Å². The highest BCUT2D eigenvalue weighted by atomic mass is 16.5. The molecule has 1 aromatic heterocycles. The molecule has 0 bridgehead atoms. The van der Waals surface area contributed by atoms with Crippen LogP contribution in [0.2, 0.25) is 0 Å². The molecule has 0 spiro atoms. The zero-order valence-corrected chi connectivity index (χ0v) is 16.7. The fraction of sp³-hybridized carbons (Fsp3) is 0.381. The Hall–Kier alpha value is -3.29. The van der Waals surface area contributed by atoms with Crippen LogP contribution >= 0.6 is 0 Å². The predicted octanol–water partition coefficient (Wildman–Crippen LogP) is 2.74. The molecular weight excluding hydrogens is 376 g/mol. The molecule has 0 fully saturated rings. The third kappa shape index (κ3) is 4.59. The Bertz CT molecular complexity index is 975. The second-order valence-electron chi connectivity index (χ2n) is 6.77. The molecule has 2 aromatic rings. The van der Waals surface area contributed by atoms with Crippen LogP contribution in [0.5, 0.6) is 0 Å². The van der Waals surface area contributed by atoms with Crippen molar-refractivity contribution in [2.24, 2.45) is 0 Å². The highest BCUT2D eigenvalue weighted by Crippen LogP contribution is 2.23. The van der Waals surface area contributed by atoms with Gasteiger partial charge < -0.3 is 24.5 Å². The molecule has 1 aliphatic heterocycles. The minimum absolute atomic E-state index is 0.0154. The lowest BCUT2D eigenvalue weighted by atomic mass is 10.0. The van der Waals surface area contributed by atoms with Gasteiger partial charge in [-0.25, -0.2) is 9.59 Å². The number of urea groups is 1. The Labute approximate surface area is 168 Å². The van der Waals surface area contributed by atoms with Crippen molar-refractivity contribution in [2.45, 2.75) is 39.7 Å². The van der Waals surface area contributed by atoms with Crippen LogP contribution < -0.4 is 10.6 Å². The number of hydrogen-bond donors (Lipinski definition) is 2. The van der Waals surface area contributed by atoms with E-state index in [2.05, 4.69) is 10.6 Å². The van der Waals surface area contributed by atoms with Crippen LogP contribution in [0.3, 0.4) is 0 Å². The van der Waals surface area contributed by atoms with Crippen molar-refractivity contribution in [3.05, 3.63) is 46.9 Å². The third-order valence-electron chi connectivity index (χ3n) is 4.67. The quantitative estimate of drug-likeness (QED) is 0.692. The first-order chi connectivity index (χ1) is 13.9. The predicted molar refractivity (Wildman–Crippen MR) is 105 cm³/mol. The first kappa shape index (κ1) is 20.4. The van der Waals surface area contributed by atoms with Gasteiger partial charge in [0.1, 0.15) is 12.2 Å². The summed E-state index contributed by atoms with van der Waals surface area (Å²) in [6.07, 6.45) is 2.05. The van der Waals surface area contributed by atoms with Gasteiger partial charge >= 0.3 is 18.0 Å². The summed E-state index contributed by atoms with van der Waals surface area (Å²) in [4.78, 5) is 36.6. The highest BCUT2D eigenvalue weighted by Gasteiger charge is 2.32. The van der Waals surface area contributed by atoms with Gasteiger partial charge in [-0.05, 0) is 31.9 Å². The van der Waals surface area contributed by atoms with Crippen molar-refractivity contribution in [1.82, 2.24) is 10.6 Å². The molecule has 0 saturated heterocycles. The van der Waals surface area contributed by atoms with E-state index in [1.807, 2.05) is 32.0 Å². The molecule has 8 heteroatoms. The highest BCUT2D eigenvalue weighted by molar-refractivity contribution is 5.95. The normalized spacial score (nSPS) is 16.4. The SMILES string of the molecule is CCOC(=O)C1=C(COC(=O)Cc2coc3cc(C)ccc23)NC(=O)N[C@@H]1CC. The second kappa shape index (κ2) is 8.81. The van der Waals surface area contributed by atoms with Crippen molar-refractivity contribution in [2.75, 3.05) is 13.2 Å². The van der Waals surface area contributed by atoms with Crippen LogP contribution in [0.1, 0.15) is 31.4 Å². The van der Waals surface area contributed by atoms with Crippen molar-refractivity contribution in [3.63, 3.8) is 0 Å². The maximum absolute atomic E-state index is 12.4. The Morgan fingerprint density at radius 1 is 1.21 bits per heavy atom. The number of furan rings is 1. The summed E-state index contributed by atoms with van der Waals surface area (Å²) in [7, 11) is 0. The smallest absolute Gasteiger partial charge is 0.338 e. The van der Waals surface area contributed by atoms with E-state index in [0.29, 0.717) is 17.6 Å². The number of amides is 2. The Kier molecular flexibility index (Phi) is 6.21. The lowest BCUT2D eigenvalue weighted by Crippen LogP contribution is -2.51. The van der Waals surface area contributed by atoms with E-state index in [0.717, 1.165) is 10.9 Å². The molecule has 1 atom stereocenters. The van der Waals surface area contributed by atoms with Gasteiger partial charge in [0.05, 0.1) is 36.6 Å². The number of nitrogens with one attached hydrogen (secondary N) is 2. The van der Waals surface area contributed by atoms with Crippen LogP contribution in [-0.2, 0) is 25.5 Å². The number of rotatable bonds is 7. The van der Waals surface area contributed by atoms with Crippen LogP contribution in [0.25, 0.3) is 11.0 Å². The van der Waals surface area contributed by atoms with Crippen LogP contribution in [0.15, 0.2) is 40.1 Å². The molecule has 2 heterocycles. The summed E-state index contributed by atoms with van der Waals surface area (Å²) < 4.78 is 15.9. The maximum atomic E-state index is 12.4. The van der Waals surface area contributed by atoms with E-state index in [9.17, 15) is 14.4 Å². The van der Waals surface area contributed by atoms with Gasteiger partial charge in [0.25, 0.3) is 0 Å². The molecule has 0 aliphatic carbocycles. The summed E-state index contributed by atoms with van der Waals surface area (Å²) in [6, 6.07) is 4.79. The molecule has 0 radical (unpaired) electrons. The average Bonchev–Trinajstić information content (AvgIpc) is 3.07. The summed E-state index contributed by atoms with van der Waals surface area (Å²) in [5, 5.41) is 6.07. The summed E-state index contributed by atoms with van der Waals surface area (Å²) in [5.41, 5.74) is 2.99. The molecule has 2 amide bonds. The Morgan fingerprint density at radius 2 is 2.00 bits per heavy atom. The third-order valence-corrected chi connectivity index (χ3v) is 4.67. The van der Waals surface area contributed by atoms with E-state index in [1.54, 1.807) is 6.92 Å². The van der Waals surface area contributed by atoms with E-state index in [4.69, 9.17) is 13.9 Å². The number of ether oxygens (including phenoxy) is 2. The number of fused-ring (bicyclic) bond motifs is 1. The molecule has 1 aliphatic rings. The molecule has 0 unspecified atom stereocenters. The second-order valence-corrected chi connectivity index (χ2v) is 6.77. The van der Waals surface area contributed by atoms with Crippen molar-refractivity contribution < 1.29 is 28.3 Å². The largest absolute Gasteiger partial charge is 0.464 e. The zero-order chi connectivity index (χ0) is 21.0. The fourth-order valence-corrected chi connectivity index (χ4v) is 3.26. The number of hydrogen-bond acceptors (Lipinski definition) is 6. The van der Waals surface area contributed by atoms with Crippen LogP contribution in [0, 0.1) is 6.92 Å². The molecule has 1 aromatic carbocycles. The monoisotopic (exact) mass is 400 g/mol. The first-order valence-electron chi connectivity index (χ1n) is 9.52. The van der Waals surface area contributed by atoms with Gasteiger partial charge in [0, 0.05) is 10.9 Å². The summed E-state index contributed by atoms with van der Waals surface area (Å²) in [5.74, 6) is -1.04.